The molecule has 1 saturated carbocycles. The molecule has 21 heavy (non-hydrogen) atoms. The summed E-state index contributed by atoms with van der Waals surface area (Å²) in [7, 11) is 1.72. The van der Waals surface area contributed by atoms with E-state index in [1.165, 1.54) is 18.4 Å². The minimum absolute atomic E-state index is 0.686. The van der Waals surface area contributed by atoms with Crippen LogP contribution >= 0.6 is 0 Å². The number of hydrogen-bond acceptors (Lipinski definition) is 4. The molecule has 0 radical (unpaired) electrons. The Kier molecular flexibility index (Phi) is 4.20. The Labute approximate surface area is 125 Å². The Morgan fingerprint density at radius 2 is 2.24 bits per heavy atom. The summed E-state index contributed by atoms with van der Waals surface area (Å²) in [6.07, 6.45) is 5.45. The van der Waals surface area contributed by atoms with E-state index >= 15 is 0 Å². The topological polar surface area (TPSA) is 52.0 Å². The van der Waals surface area contributed by atoms with Crippen molar-refractivity contribution in [3.8, 4) is 17.0 Å². The second-order valence-electron chi connectivity index (χ2n) is 5.52. The first-order valence-corrected chi connectivity index (χ1v) is 7.61. The summed E-state index contributed by atoms with van der Waals surface area (Å²) in [5, 5.41) is 11.7. The highest BCUT2D eigenvalue weighted by molar-refractivity contribution is 5.61. The Bertz CT molecular complexity index is 604. The zero-order chi connectivity index (χ0) is 14.7. The molecule has 0 saturated heterocycles. The Hall–Kier alpha value is -1.88. The number of methoxy groups -OCH3 is 1. The van der Waals surface area contributed by atoms with Gasteiger partial charge in [-0.25, -0.2) is 4.68 Å². The van der Waals surface area contributed by atoms with E-state index in [-0.39, 0.29) is 0 Å². The van der Waals surface area contributed by atoms with Gasteiger partial charge in [-0.1, -0.05) is 12.1 Å². The van der Waals surface area contributed by atoms with Gasteiger partial charge in [0.1, 0.15) is 5.75 Å². The molecule has 0 aliphatic heterocycles. The van der Waals surface area contributed by atoms with Gasteiger partial charge in [-0.2, -0.15) is 0 Å². The molecule has 1 N–H and O–H groups in total. The lowest BCUT2D eigenvalue weighted by Crippen LogP contribution is -2.16. The maximum atomic E-state index is 5.47. The van der Waals surface area contributed by atoms with Crippen LogP contribution in [0.2, 0.25) is 0 Å². The third kappa shape index (κ3) is 3.24. The van der Waals surface area contributed by atoms with Crippen molar-refractivity contribution in [1.82, 2.24) is 20.3 Å². The van der Waals surface area contributed by atoms with Gasteiger partial charge in [0.05, 0.1) is 19.0 Å². The van der Waals surface area contributed by atoms with Gasteiger partial charge < -0.3 is 10.1 Å². The molecule has 5 heteroatoms. The van der Waals surface area contributed by atoms with E-state index in [4.69, 9.17) is 4.74 Å². The number of hydrogen-bond donors (Lipinski definition) is 1. The molecule has 0 unspecified atom stereocenters. The monoisotopic (exact) mass is 286 g/mol. The van der Waals surface area contributed by atoms with Crippen LogP contribution in [-0.4, -0.2) is 28.1 Å². The average Bonchev–Trinajstić information content (AvgIpc) is 3.23. The van der Waals surface area contributed by atoms with Crippen molar-refractivity contribution in [1.29, 1.82) is 0 Å². The second-order valence-corrected chi connectivity index (χ2v) is 5.52. The summed E-state index contributed by atoms with van der Waals surface area (Å²) < 4.78 is 7.43. The van der Waals surface area contributed by atoms with Crippen molar-refractivity contribution < 1.29 is 4.74 Å². The van der Waals surface area contributed by atoms with Crippen molar-refractivity contribution in [2.24, 2.45) is 0 Å². The van der Waals surface area contributed by atoms with Crippen molar-refractivity contribution in [3.63, 3.8) is 0 Å². The third-order valence-electron chi connectivity index (χ3n) is 3.79. The van der Waals surface area contributed by atoms with Crippen LogP contribution in [0.4, 0.5) is 0 Å². The second kappa shape index (κ2) is 6.26. The average molecular weight is 286 g/mol. The lowest BCUT2D eigenvalue weighted by Gasteiger charge is -2.12. The highest BCUT2D eigenvalue weighted by Gasteiger charge is 2.21. The molecule has 1 aromatic heterocycles. The molecule has 0 atom stereocenters. The molecule has 0 amide bonds. The van der Waals surface area contributed by atoms with Crippen LogP contribution in [0.25, 0.3) is 11.3 Å². The standard InChI is InChI=1S/C16H22N4O/c1-3-8-20-15(11-18-19-20)12-4-7-16(21-2)13(9-12)10-17-14-5-6-14/h4,7,9,11,14,17H,3,5-6,8,10H2,1-2H3. The van der Waals surface area contributed by atoms with Crippen molar-refractivity contribution >= 4 is 0 Å². The van der Waals surface area contributed by atoms with Crippen LogP contribution in [0.1, 0.15) is 31.7 Å². The summed E-state index contributed by atoms with van der Waals surface area (Å²) in [6.45, 7) is 3.87. The van der Waals surface area contributed by atoms with Crippen molar-refractivity contribution in [2.75, 3.05) is 7.11 Å². The van der Waals surface area contributed by atoms with Gasteiger partial charge in [0.25, 0.3) is 0 Å². The van der Waals surface area contributed by atoms with Gasteiger partial charge in [-0.15, -0.1) is 5.10 Å². The summed E-state index contributed by atoms with van der Waals surface area (Å²) in [4.78, 5) is 0. The number of benzene rings is 1. The first-order valence-electron chi connectivity index (χ1n) is 7.61. The lowest BCUT2D eigenvalue weighted by atomic mass is 10.1. The number of aromatic nitrogens is 3. The normalized spacial score (nSPS) is 14.4. The van der Waals surface area contributed by atoms with Gasteiger partial charge in [0, 0.05) is 30.3 Å². The minimum atomic E-state index is 0.686. The first kappa shape index (κ1) is 14.1. The van der Waals surface area contributed by atoms with Crippen LogP contribution in [0, 0.1) is 0 Å². The van der Waals surface area contributed by atoms with Gasteiger partial charge in [-0.05, 0) is 37.5 Å². The molecule has 112 valence electrons. The zero-order valence-electron chi connectivity index (χ0n) is 12.7. The summed E-state index contributed by atoms with van der Waals surface area (Å²) >= 11 is 0. The molecule has 5 nitrogen and oxygen atoms in total. The molecule has 1 aliphatic carbocycles. The highest BCUT2D eigenvalue weighted by Crippen LogP contribution is 2.27. The maximum Gasteiger partial charge on any atom is 0.123 e. The molecule has 0 spiro atoms. The molecule has 2 aromatic rings. The number of aryl methyl sites for hydroxylation is 1. The maximum absolute atomic E-state index is 5.47. The summed E-state index contributed by atoms with van der Waals surface area (Å²) in [6, 6.07) is 6.97. The van der Waals surface area contributed by atoms with Crippen LogP contribution < -0.4 is 10.1 Å². The predicted octanol–water partition coefficient (Wildman–Crippen LogP) is 2.62. The number of ether oxygens (including phenoxy) is 1. The fourth-order valence-electron chi connectivity index (χ4n) is 2.48. The molecular weight excluding hydrogens is 264 g/mol. The summed E-state index contributed by atoms with van der Waals surface area (Å²) in [5.41, 5.74) is 3.39. The van der Waals surface area contributed by atoms with E-state index in [0.717, 1.165) is 36.5 Å². The van der Waals surface area contributed by atoms with Gasteiger partial charge in [-0.3, -0.25) is 0 Å². The van der Waals surface area contributed by atoms with Gasteiger partial charge in [0.2, 0.25) is 0 Å². The quantitative estimate of drug-likeness (QED) is 0.850. The number of nitrogens with one attached hydrogen (secondary N) is 1. The Morgan fingerprint density at radius 3 is 2.95 bits per heavy atom. The summed E-state index contributed by atoms with van der Waals surface area (Å²) in [5.74, 6) is 0.932. The Morgan fingerprint density at radius 1 is 1.38 bits per heavy atom. The van der Waals surface area contributed by atoms with Crippen molar-refractivity contribution in [3.05, 3.63) is 30.0 Å². The van der Waals surface area contributed by atoms with E-state index in [0.29, 0.717) is 6.04 Å². The van der Waals surface area contributed by atoms with E-state index < -0.39 is 0 Å². The van der Waals surface area contributed by atoms with Crippen molar-refractivity contribution in [2.45, 2.75) is 45.3 Å². The fraction of sp³-hybridized carbons (Fsp3) is 0.500. The zero-order valence-corrected chi connectivity index (χ0v) is 12.7. The minimum Gasteiger partial charge on any atom is -0.496 e. The lowest BCUT2D eigenvalue weighted by molar-refractivity contribution is 0.407. The number of nitrogens with zero attached hydrogens (tertiary/aromatic N) is 3. The molecule has 1 aromatic carbocycles. The van der Waals surface area contributed by atoms with Crippen LogP contribution in [0.5, 0.6) is 5.75 Å². The number of rotatable bonds is 7. The smallest absolute Gasteiger partial charge is 0.123 e. The fourth-order valence-corrected chi connectivity index (χ4v) is 2.48. The Balaban J connectivity index is 1.87. The molecule has 1 aliphatic rings. The van der Waals surface area contributed by atoms with E-state index in [9.17, 15) is 0 Å². The van der Waals surface area contributed by atoms with Crippen LogP contribution in [0.15, 0.2) is 24.4 Å². The van der Waals surface area contributed by atoms with Gasteiger partial charge in [0.15, 0.2) is 0 Å². The van der Waals surface area contributed by atoms with E-state index in [2.05, 4.69) is 34.7 Å². The first-order chi connectivity index (χ1) is 10.3. The molecule has 3 rings (SSSR count). The molecule has 1 fully saturated rings. The van der Waals surface area contributed by atoms with Gasteiger partial charge >= 0.3 is 0 Å². The highest BCUT2D eigenvalue weighted by atomic mass is 16.5. The molecule has 1 heterocycles. The van der Waals surface area contributed by atoms with Crippen LogP contribution in [0.3, 0.4) is 0 Å². The SMILES string of the molecule is CCCn1nncc1-c1ccc(OC)c(CNC2CC2)c1. The predicted molar refractivity (Wildman–Crippen MR) is 82.2 cm³/mol. The van der Waals surface area contributed by atoms with E-state index in [1.807, 2.05) is 16.9 Å². The molecular formula is C16H22N4O. The third-order valence-corrected chi connectivity index (χ3v) is 3.79. The largest absolute Gasteiger partial charge is 0.496 e. The van der Waals surface area contributed by atoms with Crippen LogP contribution in [-0.2, 0) is 13.1 Å². The van der Waals surface area contributed by atoms with E-state index in [1.54, 1.807) is 7.11 Å². The molecule has 0 bridgehead atoms.